The van der Waals surface area contributed by atoms with Gasteiger partial charge in [0, 0.05) is 34.4 Å². The van der Waals surface area contributed by atoms with E-state index in [1.54, 1.807) is 41.1 Å². The molecule has 0 bridgehead atoms. The van der Waals surface area contributed by atoms with Crippen molar-refractivity contribution in [3.63, 3.8) is 0 Å². The van der Waals surface area contributed by atoms with E-state index in [-0.39, 0.29) is 17.5 Å². The number of nitrogens with one attached hydrogen (secondary N) is 1. The van der Waals surface area contributed by atoms with Crippen LogP contribution in [0.3, 0.4) is 0 Å². The molecule has 6 nitrogen and oxygen atoms in total. The van der Waals surface area contributed by atoms with Crippen molar-refractivity contribution >= 4 is 33.0 Å². The third-order valence-corrected chi connectivity index (χ3v) is 5.42. The zero-order valence-electron chi connectivity index (χ0n) is 17.2. The minimum Gasteiger partial charge on any atom is -0.348 e. The lowest BCUT2D eigenvalue weighted by Gasteiger charge is -2.14. The standard InChI is InChI=1S/C24H21BrN4O2/c1-15(2)29-22-20(7-4-12-26-22)28-21(24(29)31)17-8-10-18(11-9-17)23(30)27-14-16-5-3-6-19(25)13-16/h3-13,15H,14H2,1-2H3,(H,27,30). The molecule has 156 valence electrons. The molecule has 1 amide bonds. The van der Waals surface area contributed by atoms with Crippen molar-refractivity contribution in [3.8, 4) is 11.3 Å². The van der Waals surface area contributed by atoms with Gasteiger partial charge in [-0.1, -0.05) is 40.2 Å². The van der Waals surface area contributed by atoms with Crippen molar-refractivity contribution < 1.29 is 4.79 Å². The molecular weight excluding hydrogens is 456 g/mol. The summed E-state index contributed by atoms with van der Waals surface area (Å²) in [5.41, 5.74) is 3.54. The fraction of sp³-hybridized carbons (Fsp3) is 0.167. The SMILES string of the molecule is CC(C)n1c(=O)c(-c2ccc(C(=O)NCc3cccc(Br)c3)cc2)nc2cccnc21. The molecule has 2 heterocycles. The van der Waals surface area contributed by atoms with Crippen molar-refractivity contribution in [3.05, 3.63) is 92.8 Å². The first-order valence-corrected chi connectivity index (χ1v) is 10.7. The van der Waals surface area contributed by atoms with Crippen LogP contribution in [0.25, 0.3) is 22.4 Å². The first-order valence-electron chi connectivity index (χ1n) is 9.94. The monoisotopic (exact) mass is 476 g/mol. The van der Waals surface area contributed by atoms with Crippen LogP contribution < -0.4 is 10.9 Å². The highest BCUT2D eigenvalue weighted by atomic mass is 79.9. The van der Waals surface area contributed by atoms with Crippen molar-refractivity contribution in [2.24, 2.45) is 0 Å². The summed E-state index contributed by atoms with van der Waals surface area (Å²) >= 11 is 3.43. The molecule has 0 aliphatic rings. The van der Waals surface area contributed by atoms with Crippen LogP contribution in [0.2, 0.25) is 0 Å². The molecule has 4 aromatic rings. The average Bonchev–Trinajstić information content (AvgIpc) is 2.77. The molecule has 0 spiro atoms. The summed E-state index contributed by atoms with van der Waals surface area (Å²) in [7, 11) is 0. The Morgan fingerprint density at radius 1 is 1.10 bits per heavy atom. The number of carbonyl (C=O) groups excluding carboxylic acids is 1. The smallest absolute Gasteiger partial charge is 0.278 e. The zero-order chi connectivity index (χ0) is 22.0. The molecule has 1 N–H and O–H groups in total. The lowest BCUT2D eigenvalue weighted by atomic mass is 10.1. The van der Waals surface area contributed by atoms with E-state index in [1.165, 1.54) is 0 Å². The number of amides is 1. The third kappa shape index (κ3) is 4.41. The highest BCUT2D eigenvalue weighted by Gasteiger charge is 2.16. The van der Waals surface area contributed by atoms with E-state index >= 15 is 0 Å². The van der Waals surface area contributed by atoms with Gasteiger partial charge in [-0.3, -0.25) is 14.2 Å². The van der Waals surface area contributed by atoms with E-state index in [0.717, 1.165) is 10.0 Å². The molecule has 7 heteroatoms. The third-order valence-electron chi connectivity index (χ3n) is 4.93. The second kappa shape index (κ2) is 8.81. The first kappa shape index (κ1) is 20.9. The van der Waals surface area contributed by atoms with Crippen LogP contribution in [0.15, 0.2) is 76.1 Å². The van der Waals surface area contributed by atoms with Crippen LogP contribution in [0.5, 0.6) is 0 Å². The fourth-order valence-electron chi connectivity index (χ4n) is 3.42. The molecule has 31 heavy (non-hydrogen) atoms. The van der Waals surface area contributed by atoms with Crippen molar-refractivity contribution in [2.75, 3.05) is 0 Å². The quantitative estimate of drug-likeness (QED) is 0.451. The van der Waals surface area contributed by atoms with Gasteiger partial charge in [0.1, 0.15) is 11.2 Å². The predicted octanol–water partition coefficient (Wildman–Crippen LogP) is 4.73. The maximum Gasteiger partial charge on any atom is 0.278 e. The summed E-state index contributed by atoms with van der Waals surface area (Å²) in [5, 5.41) is 2.91. The summed E-state index contributed by atoms with van der Waals surface area (Å²) < 4.78 is 2.62. The Balaban J connectivity index is 1.61. The number of aromatic nitrogens is 3. The molecule has 0 saturated carbocycles. The number of halogens is 1. The van der Waals surface area contributed by atoms with Crippen molar-refractivity contribution in [2.45, 2.75) is 26.4 Å². The summed E-state index contributed by atoms with van der Waals surface area (Å²) in [6.07, 6.45) is 1.66. The van der Waals surface area contributed by atoms with Gasteiger partial charge in [0.2, 0.25) is 0 Å². The van der Waals surface area contributed by atoms with E-state index in [0.29, 0.717) is 34.5 Å². The largest absolute Gasteiger partial charge is 0.348 e. The Hall–Kier alpha value is -3.32. The lowest BCUT2D eigenvalue weighted by Crippen LogP contribution is -2.26. The van der Waals surface area contributed by atoms with Gasteiger partial charge in [-0.15, -0.1) is 0 Å². The zero-order valence-corrected chi connectivity index (χ0v) is 18.8. The van der Waals surface area contributed by atoms with Gasteiger partial charge in [0.15, 0.2) is 5.65 Å². The van der Waals surface area contributed by atoms with Crippen LogP contribution in [0.1, 0.15) is 35.8 Å². The number of fused-ring (bicyclic) bond motifs is 1. The molecule has 0 aliphatic heterocycles. The average molecular weight is 477 g/mol. The Bertz CT molecular complexity index is 1310. The van der Waals surface area contributed by atoms with Crippen LogP contribution in [0, 0.1) is 0 Å². The van der Waals surface area contributed by atoms with Crippen molar-refractivity contribution in [1.82, 2.24) is 19.9 Å². The number of hydrogen-bond donors (Lipinski definition) is 1. The normalized spacial score (nSPS) is 11.1. The van der Waals surface area contributed by atoms with E-state index in [2.05, 4.69) is 31.2 Å². The molecule has 2 aromatic carbocycles. The highest BCUT2D eigenvalue weighted by Crippen LogP contribution is 2.19. The van der Waals surface area contributed by atoms with E-state index in [1.807, 2.05) is 44.2 Å². The Morgan fingerprint density at radius 3 is 2.58 bits per heavy atom. The molecule has 0 aliphatic carbocycles. The number of pyridine rings is 1. The Kier molecular flexibility index (Phi) is 5.95. The highest BCUT2D eigenvalue weighted by molar-refractivity contribution is 9.10. The minimum atomic E-state index is -0.201. The van der Waals surface area contributed by atoms with Gasteiger partial charge in [0.05, 0.1) is 0 Å². The maximum atomic E-state index is 13.1. The number of rotatable bonds is 5. The van der Waals surface area contributed by atoms with Gasteiger partial charge in [-0.2, -0.15) is 0 Å². The van der Waals surface area contributed by atoms with Crippen LogP contribution in [0.4, 0.5) is 0 Å². The lowest BCUT2D eigenvalue weighted by molar-refractivity contribution is 0.0951. The predicted molar refractivity (Wildman–Crippen MR) is 125 cm³/mol. The van der Waals surface area contributed by atoms with Gasteiger partial charge in [-0.05, 0) is 55.8 Å². The molecule has 4 rings (SSSR count). The van der Waals surface area contributed by atoms with Gasteiger partial charge in [0.25, 0.3) is 11.5 Å². The summed E-state index contributed by atoms with van der Waals surface area (Å²) in [6, 6.07) is 18.3. The molecule has 0 atom stereocenters. The number of benzene rings is 2. The second-order valence-corrected chi connectivity index (χ2v) is 8.38. The number of carbonyl (C=O) groups is 1. The van der Waals surface area contributed by atoms with E-state index < -0.39 is 0 Å². The molecule has 0 unspecified atom stereocenters. The summed E-state index contributed by atoms with van der Waals surface area (Å²) in [4.78, 5) is 34.5. The van der Waals surface area contributed by atoms with Gasteiger partial charge in [-0.25, -0.2) is 9.97 Å². The Labute approximate surface area is 188 Å². The van der Waals surface area contributed by atoms with E-state index in [4.69, 9.17) is 0 Å². The molecule has 0 fully saturated rings. The summed E-state index contributed by atoms with van der Waals surface area (Å²) in [5.74, 6) is -0.179. The topological polar surface area (TPSA) is 76.9 Å². The van der Waals surface area contributed by atoms with Crippen LogP contribution in [-0.2, 0) is 6.54 Å². The van der Waals surface area contributed by atoms with Gasteiger partial charge < -0.3 is 5.32 Å². The van der Waals surface area contributed by atoms with Gasteiger partial charge >= 0.3 is 0 Å². The molecular formula is C24H21BrN4O2. The second-order valence-electron chi connectivity index (χ2n) is 7.47. The Morgan fingerprint density at radius 2 is 1.87 bits per heavy atom. The maximum absolute atomic E-state index is 13.1. The van der Waals surface area contributed by atoms with Crippen LogP contribution in [-0.4, -0.2) is 20.4 Å². The minimum absolute atomic E-state index is 0.0604. The molecule has 0 radical (unpaired) electrons. The van der Waals surface area contributed by atoms with E-state index in [9.17, 15) is 9.59 Å². The summed E-state index contributed by atoms with van der Waals surface area (Å²) in [6.45, 7) is 4.31. The number of hydrogen-bond acceptors (Lipinski definition) is 4. The number of nitrogens with zero attached hydrogens (tertiary/aromatic N) is 3. The fourth-order valence-corrected chi connectivity index (χ4v) is 3.86. The molecule has 2 aromatic heterocycles. The van der Waals surface area contributed by atoms with Crippen LogP contribution >= 0.6 is 15.9 Å². The first-order chi connectivity index (χ1) is 14.9. The van der Waals surface area contributed by atoms with Crippen molar-refractivity contribution in [1.29, 1.82) is 0 Å². The molecule has 0 saturated heterocycles.